The normalized spacial score (nSPS) is 24.6. The molecule has 1 heterocycles. The van der Waals surface area contributed by atoms with Crippen molar-refractivity contribution in [3.63, 3.8) is 0 Å². The Balaban J connectivity index is 2.66. The van der Waals surface area contributed by atoms with Gasteiger partial charge in [0.15, 0.2) is 0 Å². The summed E-state index contributed by atoms with van der Waals surface area (Å²) in [4.78, 5) is 2.58. The van der Waals surface area contributed by atoms with Crippen molar-refractivity contribution in [2.45, 2.75) is 79.1 Å². The number of nitrogens with zero attached hydrogens (tertiary/aromatic N) is 1. The van der Waals surface area contributed by atoms with Crippen LogP contribution >= 0.6 is 0 Å². The smallest absolute Gasteiger partial charge is 0.0760 e. The lowest BCUT2D eigenvalue weighted by Crippen LogP contribution is -2.60. The summed E-state index contributed by atoms with van der Waals surface area (Å²) in [5.74, 6) is 0. The maximum absolute atomic E-state index is 6.17. The molecule has 1 unspecified atom stereocenters. The first-order valence-electron chi connectivity index (χ1n) is 8.13. The SMILES string of the molecule is CCCNC(C)C(C)(C)CN1CC(C)(C)OC(C)(C)C1. The van der Waals surface area contributed by atoms with Crippen LogP contribution in [0.1, 0.15) is 61.8 Å². The van der Waals surface area contributed by atoms with Crippen LogP contribution in [0.3, 0.4) is 0 Å². The van der Waals surface area contributed by atoms with Crippen LogP contribution in [-0.4, -0.2) is 48.3 Å². The first-order valence-corrected chi connectivity index (χ1v) is 8.13. The van der Waals surface area contributed by atoms with Gasteiger partial charge in [-0.25, -0.2) is 0 Å². The number of morpholine rings is 1. The summed E-state index contributed by atoms with van der Waals surface area (Å²) in [6, 6.07) is 0.525. The molecular formula is C17H36N2O. The fourth-order valence-corrected chi connectivity index (χ4v) is 3.41. The lowest BCUT2D eigenvalue weighted by Gasteiger charge is -2.49. The number of ether oxygens (including phenoxy) is 1. The molecule has 1 fully saturated rings. The molecule has 0 bridgehead atoms. The van der Waals surface area contributed by atoms with Crippen molar-refractivity contribution >= 4 is 0 Å². The van der Waals surface area contributed by atoms with Gasteiger partial charge in [0.05, 0.1) is 11.2 Å². The predicted molar refractivity (Wildman–Crippen MR) is 87.2 cm³/mol. The van der Waals surface area contributed by atoms with E-state index in [1.807, 2.05) is 0 Å². The summed E-state index contributed by atoms with van der Waals surface area (Å²) >= 11 is 0. The molecule has 0 aliphatic carbocycles. The summed E-state index contributed by atoms with van der Waals surface area (Å²) in [5.41, 5.74) is 0.147. The van der Waals surface area contributed by atoms with Gasteiger partial charge in [-0.05, 0) is 53.0 Å². The van der Waals surface area contributed by atoms with Gasteiger partial charge in [0.25, 0.3) is 0 Å². The molecule has 1 N–H and O–H groups in total. The second-order valence-electron chi connectivity index (χ2n) is 8.43. The van der Waals surface area contributed by atoms with E-state index in [1.165, 1.54) is 6.42 Å². The molecule has 0 radical (unpaired) electrons. The molecule has 0 aromatic heterocycles. The van der Waals surface area contributed by atoms with Gasteiger partial charge in [0, 0.05) is 25.7 Å². The van der Waals surface area contributed by atoms with Crippen LogP contribution in [0.4, 0.5) is 0 Å². The van der Waals surface area contributed by atoms with Crippen molar-refractivity contribution in [3.8, 4) is 0 Å². The Morgan fingerprint density at radius 2 is 1.65 bits per heavy atom. The predicted octanol–water partition coefficient (Wildman–Crippen LogP) is 3.29. The molecule has 3 nitrogen and oxygen atoms in total. The molecule has 1 atom stereocenters. The molecule has 1 rings (SSSR count). The van der Waals surface area contributed by atoms with Crippen molar-refractivity contribution < 1.29 is 4.74 Å². The second-order valence-corrected chi connectivity index (χ2v) is 8.43. The fourth-order valence-electron chi connectivity index (χ4n) is 3.41. The van der Waals surface area contributed by atoms with Crippen LogP contribution in [0.2, 0.25) is 0 Å². The van der Waals surface area contributed by atoms with E-state index in [4.69, 9.17) is 4.74 Å². The Kier molecular flexibility index (Phi) is 5.67. The van der Waals surface area contributed by atoms with Crippen molar-refractivity contribution in [1.29, 1.82) is 0 Å². The molecule has 0 amide bonds. The molecular weight excluding hydrogens is 248 g/mol. The monoisotopic (exact) mass is 284 g/mol. The van der Waals surface area contributed by atoms with E-state index in [0.29, 0.717) is 6.04 Å². The van der Waals surface area contributed by atoms with Gasteiger partial charge in [0.2, 0.25) is 0 Å². The highest BCUT2D eigenvalue weighted by atomic mass is 16.5. The van der Waals surface area contributed by atoms with E-state index in [1.54, 1.807) is 0 Å². The molecule has 120 valence electrons. The third kappa shape index (κ3) is 5.34. The highest BCUT2D eigenvalue weighted by Gasteiger charge is 2.40. The maximum atomic E-state index is 6.17. The van der Waals surface area contributed by atoms with E-state index in [-0.39, 0.29) is 16.6 Å². The lowest BCUT2D eigenvalue weighted by molar-refractivity contribution is -0.184. The molecule has 0 aromatic rings. The van der Waals surface area contributed by atoms with Crippen molar-refractivity contribution in [2.24, 2.45) is 5.41 Å². The molecule has 1 aliphatic heterocycles. The Hall–Kier alpha value is -0.120. The minimum atomic E-state index is -0.0576. The molecule has 0 aromatic carbocycles. The molecule has 20 heavy (non-hydrogen) atoms. The minimum absolute atomic E-state index is 0.0576. The Morgan fingerprint density at radius 3 is 2.10 bits per heavy atom. The quantitative estimate of drug-likeness (QED) is 0.810. The van der Waals surface area contributed by atoms with Gasteiger partial charge in [-0.3, -0.25) is 4.90 Å². The molecule has 0 saturated carbocycles. The average Bonchev–Trinajstić information content (AvgIpc) is 2.20. The third-order valence-electron chi connectivity index (χ3n) is 4.27. The average molecular weight is 284 g/mol. The molecule has 1 aliphatic rings. The summed E-state index contributed by atoms with van der Waals surface area (Å²) in [6.45, 7) is 22.3. The largest absolute Gasteiger partial charge is 0.367 e. The molecule has 0 spiro atoms. The number of hydrogen-bond acceptors (Lipinski definition) is 3. The van der Waals surface area contributed by atoms with Crippen LogP contribution in [0.5, 0.6) is 0 Å². The van der Waals surface area contributed by atoms with E-state index < -0.39 is 0 Å². The third-order valence-corrected chi connectivity index (χ3v) is 4.27. The standard InChI is InChI=1S/C17H36N2O/c1-9-10-18-14(2)15(3,4)11-19-12-16(5,6)20-17(7,8)13-19/h14,18H,9-13H2,1-8H3. The fraction of sp³-hybridized carbons (Fsp3) is 1.00. The van der Waals surface area contributed by atoms with Crippen LogP contribution in [0.15, 0.2) is 0 Å². The van der Waals surface area contributed by atoms with E-state index >= 15 is 0 Å². The zero-order valence-electron chi connectivity index (χ0n) is 15.0. The first kappa shape index (κ1) is 17.9. The van der Waals surface area contributed by atoms with Crippen molar-refractivity contribution in [1.82, 2.24) is 10.2 Å². The molecule has 1 saturated heterocycles. The Labute approximate surface area is 126 Å². The van der Waals surface area contributed by atoms with Crippen LogP contribution in [-0.2, 0) is 4.74 Å². The summed E-state index contributed by atoms with van der Waals surface area (Å²) in [5, 5.41) is 3.65. The number of nitrogens with one attached hydrogen (secondary N) is 1. The van der Waals surface area contributed by atoms with E-state index in [9.17, 15) is 0 Å². The van der Waals surface area contributed by atoms with Crippen LogP contribution < -0.4 is 5.32 Å². The first-order chi connectivity index (χ1) is 8.97. The van der Waals surface area contributed by atoms with Gasteiger partial charge < -0.3 is 10.1 Å². The highest BCUT2D eigenvalue weighted by Crippen LogP contribution is 2.31. The second kappa shape index (κ2) is 6.33. The summed E-state index contributed by atoms with van der Waals surface area (Å²) in [6.07, 6.45) is 1.19. The zero-order valence-corrected chi connectivity index (χ0v) is 15.0. The van der Waals surface area contributed by atoms with Gasteiger partial charge >= 0.3 is 0 Å². The van der Waals surface area contributed by atoms with Gasteiger partial charge in [-0.2, -0.15) is 0 Å². The minimum Gasteiger partial charge on any atom is -0.367 e. The Bertz CT molecular complexity index is 294. The van der Waals surface area contributed by atoms with Crippen molar-refractivity contribution in [2.75, 3.05) is 26.2 Å². The lowest BCUT2D eigenvalue weighted by atomic mass is 9.83. The van der Waals surface area contributed by atoms with Gasteiger partial charge in [-0.15, -0.1) is 0 Å². The zero-order chi connectivity index (χ0) is 15.6. The summed E-state index contributed by atoms with van der Waals surface area (Å²) in [7, 11) is 0. The van der Waals surface area contributed by atoms with Gasteiger partial charge in [-0.1, -0.05) is 20.8 Å². The molecule has 3 heteroatoms. The van der Waals surface area contributed by atoms with E-state index in [0.717, 1.165) is 26.2 Å². The van der Waals surface area contributed by atoms with Gasteiger partial charge in [0.1, 0.15) is 0 Å². The number of rotatable bonds is 6. The van der Waals surface area contributed by atoms with Crippen LogP contribution in [0, 0.1) is 5.41 Å². The maximum Gasteiger partial charge on any atom is 0.0760 e. The number of hydrogen-bond donors (Lipinski definition) is 1. The van der Waals surface area contributed by atoms with E-state index in [2.05, 4.69) is 65.6 Å². The topological polar surface area (TPSA) is 24.5 Å². The summed E-state index contributed by atoms with van der Waals surface area (Å²) < 4.78 is 6.17. The Morgan fingerprint density at radius 1 is 1.15 bits per heavy atom. The highest BCUT2D eigenvalue weighted by molar-refractivity contribution is 4.92. The van der Waals surface area contributed by atoms with Crippen molar-refractivity contribution in [3.05, 3.63) is 0 Å². The van der Waals surface area contributed by atoms with Crippen LogP contribution in [0.25, 0.3) is 0 Å².